The number of rotatable bonds is 6. The van der Waals surface area contributed by atoms with E-state index >= 15 is 0 Å². The lowest BCUT2D eigenvalue weighted by Gasteiger charge is -2.17. The molecule has 1 fully saturated rings. The van der Waals surface area contributed by atoms with Crippen LogP contribution in [-0.4, -0.2) is 47.7 Å². The molecule has 0 saturated carbocycles. The van der Waals surface area contributed by atoms with E-state index in [1.54, 1.807) is 11.8 Å². The van der Waals surface area contributed by atoms with Crippen LogP contribution in [0.4, 0.5) is 5.69 Å². The third-order valence-corrected chi connectivity index (χ3v) is 4.27. The average molecular weight is 309 g/mol. The zero-order chi connectivity index (χ0) is 15.2. The van der Waals surface area contributed by atoms with Crippen molar-refractivity contribution in [1.29, 1.82) is 0 Å². The maximum Gasteiger partial charge on any atom is 0.326 e. The second kappa shape index (κ2) is 7.33. The minimum Gasteiger partial charge on any atom is -0.480 e. The van der Waals surface area contributed by atoms with Gasteiger partial charge in [0.1, 0.15) is 6.04 Å². The molecular formula is C14H19N3O3S. The first-order chi connectivity index (χ1) is 10.1. The van der Waals surface area contributed by atoms with Gasteiger partial charge in [-0.3, -0.25) is 10.1 Å². The van der Waals surface area contributed by atoms with Crippen LogP contribution in [0.15, 0.2) is 24.3 Å². The Morgan fingerprint density at radius 2 is 2.14 bits per heavy atom. The standard InChI is InChI=1S/C14H19N3O3S/c1-15-10-4-2-9(3-5-10)6-11(14(19)20)17-13(18)12-7-21-8-16-12/h2-5,11-12,15-16H,6-8H2,1H3,(H,17,18)(H,19,20). The number of hydrogen-bond acceptors (Lipinski definition) is 5. The van der Waals surface area contributed by atoms with Gasteiger partial charge in [0.25, 0.3) is 0 Å². The minimum atomic E-state index is -1.02. The number of aliphatic carboxylic acids is 1. The van der Waals surface area contributed by atoms with E-state index in [1.165, 1.54) is 0 Å². The fourth-order valence-electron chi connectivity index (χ4n) is 2.08. The first-order valence-electron chi connectivity index (χ1n) is 6.71. The van der Waals surface area contributed by atoms with Crippen molar-refractivity contribution < 1.29 is 14.7 Å². The number of carbonyl (C=O) groups is 2. The monoisotopic (exact) mass is 309 g/mol. The molecule has 2 atom stereocenters. The molecule has 4 N–H and O–H groups in total. The van der Waals surface area contributed by atoms with E-state index in [4.69, 9.17) is 0 Å². The van der Waals surface area contributed by atoms with Crippen molar-refractivity contribution in [2.45, 2.75) is 18.5 Å². The minimum absolute atomic E-state index is 0.251. The smallest absolute Gasteiger partial charge is 0.326 e. The molecule has 1 saturated heterocycles. The maximum absolute atomic E-state index is 12.0. The molecule has 1 aromatic carbocycles. The molecule has 1 aliphatic rings. The van der Waals surface area contributed by atoms with Crippen molar-refractivity contribution in [3.8, 4) is 0 Å². The molecule has 0 aromatic heterocycles. The predicted molar refractivity (Wildman–Crippen MR) is 83.5 cm³/mol. The highest BCUT2D eigenvalue weighted by atomic mass is 32.2. The van der Waals surface area contributed by atoms with Crippen LogP contribution in [-0.2, 0) is 16.0 Å². The number of amides is 1. The second-order valence-electron chi connectivity index (χ2n) is 4.82. The summed E-state index contributed by atoms with van der Waals surface area (Å²) < 4.78 is 0. The quantitative estimate of drug-likeness (QED) is 0.612. The van der Waals surface area contributed by atoms with Crippen LogP contribution in [0.25, 0.3) is 0 Å². The number of carbonyl (C=O) groups excluding carboxylic acids is 1. The van der Waals surface area contributed by atoms with Crippen LogP contribution >= 0.6 is 11.8 Å². The highest BCUT2D eigenvalue weighted by molar-refractivity contribution is 7.99. The molecule has 6 nitrogen and oxygen atoms in total. The highest BCUT2D eigenvalue weighted by Gasteiger charge is 2.27. The van der Waals surface area contributed by atoms with Gasteiger partial charge in [-0.1, -0.05) is 12.1 Å². The first kappa shape index (κ1) is 15.7. The Balaban J connectivity index is 1.97. The number of carboxylic acid groups (broad SMARTS) is 1. The van der Waals surface area contributed by atoms with Crippen molar-refractivity contribution >= 4 is 29.3 Å². The fraction of sp³-hybridized carbons (Fsp3) is 0.429. The summed E-state index contributed by atoms with van der Waals surface area (Å²) in [7, 11) is 1.82. The third kappa shape index (κ3) is 4.37. The summed E-state index contributed by atoms with van der Waals surface area (Å²) in [6.45, 7) is 0. The predicted octanol–water partition coefficient (Wildman–Crippen LogP) is 0.503. The van der Waals surface area contributed by atoms with Crippen LogP contribution in [0.1, 0.15) is 5.56 Å². The van der Waals surface area contributed by atoms with Gasteiger partial charge in [0.15, 0.2) is 0 Å². The van der Waals surface area contributed by atoms with E-state index in [1.807, 2.05) is 31.3 Å². The van der Waals surface area contributed by atoms with Gasteiger partial charge < -0.3 is 15.7 Å². The topological polar surface area (TPSA) is 90.5 Å². The Bertz CT molecular complexity index is 501. The van der Waals surface area contributed by atoms with Crippen molar-refractivity contribution in [1.82, 2.24) is 10.6 Å². The van der Waals surface area contributed by atoms with Crippen LogP contribution in [0.5, 0.6) is 0 Å². The van der Waals surface area contributed by atoms with Gasteiger partial charge in [-0.2, -0.15) is 0 Å². The molecule has 1 amide bonds. The van der Waals surface area contributed by atoms with E-state index in [2.05, 4.69) is 16.0 Å². The lowest BCUT2D eigenvalue weighted by molar-refractivity contribution is -0.142. The summed E-state index contributed by atoms with van der Waals surface area (Å²) >= 11 is 1.63. The van der Waals surface area contributed by atoms with E-state index in [0.29, 0.717) is 5.75 Å². The number of nitrogens with one attached hydrogen (secondary N) is 3. The van der Waals surface area contributed by atoms with Gasteiger partial charge in [-0.25, -0.2) is 4.79 Å². The molecule has 0 bridgehead atoms. The van der Waals surface area contributed by atoms with Crippen LogP contribution in [0, 0.1) is 0 Å². The van der Waals surface area contributed by atoms with Gasteiger partial charge >= 0.3 is 5.97 Å². The van der Waals surface area contributed by atoms with E-state index in [-0.39, 0.29) is 18.4 Å². The normalized spacial score (nSPS) is 19.0. The second-order valence-corrected chi connectivity index (χ2v) is 5.85. The zero-order valence-corrected chi connectivity index (χ0v) is 12.6. The lowest BCUT2D eigenvalue weighted by Crippen LogP contribution is -2.50. The van der Waals surface area contributed by atoms with E-state index in [9.17, 15) is 14.7 Å². The Labute approximate surface area is 127 Å². The van der Waals surface area contributed by atoms with Crippen molar-refractivity contribution in [2.75, 3.05) is 24.0 Å². The van der Waals surface area contributed by atoms with Gasteiger partial charge in [0, 0.05) is 30.8 Å². The molecule has 0 aliphatic carbocycles. The van der Waals surface area contributed by atoms with Gasteiger partial charge in [-0.15, -0.1) is 11.8 Å². The average Bonchev–Trinajstić information content (AvgIpc) is 3.01. The Morgan fingerprint density at radius 3 is 2.67 bits per heavy atom. The van der Waals surface area contributed by atoms with E-state index in [0.717, 1.165) is 17.1 Å². The summed E-state index contributed by atoms with van der Waals surface area (Å²) in [4.78, 5) is 23.3. The SMILES string of the molecule is CNc1ccc(CC(NC(=O)C2CSCN2)C(=O)O)cc1. The highest BCUT2D eigenvalue weighted by Crippen LogP contribution is 2.12. The van der Waals surface area contributed by atoms with Crippen LogP contribution in [0.3, 0.4) is 0 Å². The zero-order valence-electron chi connectivity index (χ0n) is 11.8. The largest absolute Gasteiger partial charge is 0.480 e. The molecule has 2 unspecified atom stereocenters. The third-order valence-electron chi connectivity index (χ3n) is 3.33. The molecule has 0 radical (unpaired) electrons. The maximum atomic E-state index is 12.0. The Hall–Kier alpha value is -1.73. The number of benzene rings is 1. The molecule has 1 aliphatic heterocycles. The van der Waals surface area contributed by atoms with Gasteiger partial charge in [0.05, 0.1) is 6.04 Å². The molecule has 2 rings (SSSR count). The molecule has 7 heteroatoms. The Kier molecular flexibility index (Phi) is 5.46. The van der Waals surface area contributed by atoms with Gasteiger partial charge in [-0.05, 0) is 17.7 Å². The molecule has 114 valence electrons. The molecule has 0 spiro atoms. The summed E-state index contributed by atoms with van der Waals surface area (Å²) in [5.74, 6) is 0.127. The first-order valence-corrected chi connectivity index (χ1v) is 7.86. The molecule has 1 aromatic rings. The summed E-state index contributed by atoms with van der Waals surface area (Å²) in [6.07, 6.45) is 0.269. The summed E-state index contributed by atoms with van der Waals surface area (Å²) in [5, 5.41) is 17.9. The summed E-state index contributed by atoms with van der Waals surface area (Å²) in [6, 6.07) is 6.26. The number of carboxylic acids is 1. The molecule has 1 heterocycles. The molecule has 21 heavy (non-hydrogen) atoms. The van der Waals surface area contributed by atoms with Crippen molar-refractivity contribution in [3.63, 3.8) is 0 Å². The fourth-order valence-corrected chi connectivity index (χ4v) is 3.02. The van der Waals surface area contributed by atoms with E-state index < -0.39 is 12.0 Å². The van der Waals surface area contributed by atoms with Crippen LogP contribution < -0.4 is 16.0 Å². The Morgan fingerprint density at radius 1 is 1.43 bits per heavy atom. The van der Waals surface area contributed by atoms with Crippen LogP contribution in [0.2, 0.25) is 0 Å². The number of thioether (sulfide) groups is 1. The lowest BCUT2D eigenvalue weighted by atomic mass is 10.1. The van der Waals surface area contributed by atoms with Crippen molar-refractivity contribution in [3.05, 3.63) is 29.8 Å². The number of hydrogen-bond donors (Lipinski definition) is 4. The number of anilines is 1. The van der Waals surface area contributed by atoms with Gasteiger partial charge in [0.2, 0.25) is 5.91 Å². The summed E-state index contributed by atoms with van der Waals surface area (Å²) in [5.41, 5.74) is 1.83. The van der Waals surface area contributed by atoms with Crippen molar-refractivity contribution in [2.24, 2.45) is 0 Å². The molecular weight excluding hydrogens is 290 g/mol.